The minimum absolute atomic E-state index is 0.340. The zero-order valence-corrected chi connectivity index (χ0v) is 13.6. The van der Waals surface area contributed by atoms with Crippen molar-refractivity contribution in [2.75, 3.05) is 12.4 Å². The summed E-state index contributed by atoms with van der Waals surface area (Å²) in [6.07, 6.45) is -0.485. The summed E-state index contributed by atoms with van der Waals surface area (Å²) in [4.78, 5) is 4.54. The van der Waals surface area contributed by atoms with Gasteiger partial charge in [0.1, 0.15) is 0 Å². The molecular formula is C17H17NO2S2. The van der Waals surface area contributed by atoms with Crippen molar-refractivity contribution < 1.29 is 9.84 Å². The van der Waals surface area contributed by atoms with Gasteiger partial charge >= 0.3 is 0 Å². The Morgan fingerprint density at radius 1 is 1.09 bits per heavy atom. The first-order chi connectivity index (χ1) is 10.8. The van der Waals surface area contributed by atoms with Gasteiger partial charge in [-0.1, -0.05) is 54.2 Å². The average Bonchev–Trinajstić information content (AvgIpc) is 2.97. The maximum atomic E-state index is 9.99. The fourth-order valence-electron chi connectivity index (χ4n) is 2.02. The maximum Gasteiger partial charge on any atom is 0.151 e. The predicted molar refractivity (Wildman–Crippen MR) is 92.4 cm³/mol. The zero-order valence-electron chi connectivity index (χ0n) is 12.0. The number of ether oxygens (including phenoxy) is 1. The summed E-state index contributed by atoms with van der Waals surface area (Å²) in [5.74, 6) is 0.592. The molecule has 1 unspecified atom stereocenters. The van der Waals surface area contributed by atoms with Crippen molar-refractivity contribution in [1.29, 1.82) is 0 Å². The quantitative estimate of drug-likeness (QED) is 0.665. The lowest BCUT2D eigenvalue weighted by Gasteiger charge is -2.10. The molecule has 3 aromatic rings. The van der Waals surface area contributed by atoms with Crippen molar-refractivity contribution in [3.8, 4) is 0 Å². The number of benzene rings is 2. The van der Waals surface area contributed by atoms with Crippen LogP contribution in [0.3, 0.4) is 0 Å². The third kappa shape index (κ3) is 4.30. The summed E-state index contributed by atoms with van der Waals surface area (Å²) < 4.78 is 7.72. The normalized spacial score (nSPS) is 12.6. The van der Waals surface area contributed by atoms with Gasteiger partial charge in [-0.2, -0.15) is 0 Å². The molecule has 0 amide bonds. The molecule has 3 rings (SSSR count). The summed E-state index contributed by atoms with van der Waals surface area (Å²) in [6.45, 7) is 0.872. The van der Waals surface area contributed by atoms with Crippen molar-refractivity contribution in [2.24, 2.45) is 0 Å². The number of rotatable bonds is 7. The fraction of sp³-hybridized carbons (Fsp3) is 0.235. The van der Waals surface area contributed by atoms with Crippen LogP contribution in [-0.4, -0.2) is 28.6 Å². The molecule has 1 atom stereocenters. The number of aromatic nitrogens is 1. The van der Waals surface area contributed by atoms with E-state index >= 15 is 0 Å². The van der Waals surface area contributed by atoms with Gasteiger partial charge in [0.15, 0.2) is 4.34 Å². The van der Waals surface area contributed by atoms with E-state index in [0.717, 1.165) is 15.4 Å². The molecule has 1 heterocycles. The second-order valence-corrected chi connectivity index (χ2v) is 7.21. The van der Waals surface area contributed by atoms with Crippen molar-refractivity contribution >= 4 is 33.3 Å². The number of hydrogen-bond acceptors (Lipinski definition) is 5. The number of para-hydroxylation sites is 1. The Kier molecular flexibility index (Phi) is 5.45. The molecule has 0 saturated carbocycles. The Hall–Kier alpha value is -1.40. The topological polar surface area (TPSA) is 42.4 Å². The van der Waals surface area contributed by atoms with Crippen molar-refractivity contribution in [1.82, 2.24) is 4.98 Å². The lowest BCUT2D eigenvalue weighted by atomic mass is 10.2. The molecule has 1 N–H and O–H groups in total. The van der Waals surface area contributed by atoms with Gasteiger partial charge in [-0.15, -0.1) is 11.3 Å². The summed E-state index contributed by atoms with van der Waals surface area (Å²) in [6, 6.07) is 18.1. The largest absolute Gasteiger partial charge is 0.390 e. The SMILES string of the molecule is OC(COCc1ccccc1)CSc1nc2ccccc2s1. The van der Waals surface area contributed by atoms with E-state index in [2.05, 4.69) is 11.1 Å². The van der Waals surface area contributed by atoms with Crippen LogP contribution in [0.25, 0.3) is 10.2 Å². The van der Waals surface area contributed by atoms with Crippen LogP contribution in [0.2, 0.25) is 0 Å². The molecule has 2 aromatic carbocycles. The number of fused-ring (bicyclic) bond motifs is 1. The average molecular weight is 331 g/mol. The summed E-state index contributed by atoms with van der Waals surface area (Å²) in [5, 5.41) is 9.99. The van der Waals surface area contributed by atoms with Crippen LogP contribution in [0.4, 0.5) is 0 Å². The number of thioether (sulfide) groups is 1. The third-order valence-electron chi connectivity index (χ3n) is 3.10. The van der Waals surface area contributed by atoms with Crippen LogP contribution in [0.5, 0.6) is 0 Å². The van der Waals surface area contributed by atoms with Crippen LogP contribution in [-0.2, 0) is 11.3 Å². The van der Waals surface area contributed by atoms with Crippen LogP contribution in [0, 0.1) is 0 Å². The number of aliphatic hydroxyl groups excluding tert-OH is 1. The molecule has 22 heavy (non-hydrogen) atoms. The standard InChI is InChI=1S/C17H17NO2S2/c19-14(11-20-10-13-6-2-1-3-7-13)12-21-17-18-15-8-4-5-9-16(15)22-17/h1-9,14,19H,10-12H2. The molecule has 0 fully saturated rings. The molecule has 0 aliphatic rings. The minimum Gasteiger partial charge on any atom is -0.390 e. The second-order valence-electron chi connectivity index (χ2n) is 4.91. The van der Waals surface area contributed by atoms with Crippen LogP contribution >= 0.6 is 23.1 Å². The van der Waals surface area contributed by atoms with Crippen molar-refractivity contribution in [2.45, 2.75) is 17.1 Å². The van der Waals surface area contributed by atoms with E-state index in [1.54, 1.807) is 23.1 Å². The number of thiazole rings is 1. The summed E-state index contributed by atoms with van der Waals surface area (Å²) in [7, 11) is 0. The highest BCUT2D eigenvalue weighted by molar-refractivity contribution is 8.01. The van der Waals surface area contributed by atoms with E-state index in [4.69, 9.17) is 4.74 Å². The molecule has 1 aromatic heterocycles. The first kappa shape index (κ1) is 15.5. The zero-order chi connectivity index (χ0) is 15.2. The van der Waals surface area contributed by atoms with E-state index < -0.39 is 6.10 Å². The first-order valence-electron chi connectivity index (χ1n) is 7.09. The van der Waals surface area contributed by atoms with Gasteiger partial charge in [-0.05, 0) is 17.7 Å². The highest BCUT2D eigenvalue weighted by Gasteiger charge is 2.09. The summed E-state index contributed by atoms with van der Waals surface area (Å²) >= 11 is 3.24. The molecule has 0 aliphatic heterocycles. The monoisotopic (exact) mass is 331 g/mol. The van der Waals surface area contributed by atoms with Gasteiger partial charge in [0.25, 0.3) is 0 Å². The van der Waals surface area contributed by atoms with E-state index in [1.165, 1.54) is 4.70 Å². The molecule has 0 radical (unpaired) electrons. The molecule has 3 nitrogen and oxygen atoms in total. The van der Waals surface area contributed by atoms with Gasteiger partial charge < -0.3 is 9.84 Å². The van der Waals surface area contributed by atoms with Crippen LogP contribution < -0.4 is 0 Å². The smallest absolute Gasteiger partial charge is 0.151 e. The lowest BCUT2D eigenvalue weighted by Crippen LogP contribution is -2.17. The fourth-order valence-corrected chi connectivity index (χ4v) is 4.02. The Bertz CT molecular complexity index is 682. The van der Waals surface area contributed by atoms with Gasteiger partial charge in [0, 0.05) is 5.75 Å². The predicted octanol–water partition coefficient (Wildman–Crippen LogP) is 3.97. The molecule has 114 valence electrons. The number of hydrogen-bond donors (Lipinski definition) is 1. The molecule has 0 saturated heterocycles. The lowest BCUT2D eigenvalue weighted by molar-refractivity contribution is 0.0398. The highest BCUT2D eigenvalue weighted by atomic mass is 32.2. The summed E-state index contributed by atoms with van der Waals surface area (Å²) in [5.41, 5.74) is 2.14. The molecular weight excluding hydrogens is 314 g/mol. The highest BCUT2D eigenvalue weighted by Crippen LogP contribution is 2.29. The third-order valence-corrected chi connectivity index (χ3v) is 5.42. The second kappa shape index (κ2) is 7.74. The van der Waals surface area contributed by atoms with Gasteiger partial charge in [-0.3, -0.25) is 0 Å². The molecule has 0 spiro atoms. The number of aliphatic hydroxyl groups is 1. The first-order valence-corrected chi connectivity index (χ1v) is 8.89. The minimum atomic E-state index is -0.485. The van der Waals surface area contributed by atoms with E-state index in [0.29, 0.717) is 19.0 Å². The van der Waals surface area contributed by atoms with E-state index in [-0.39, 0.29) is 0 Å². The van der Waals surface area contributed by atoms with E-state index in [1.807, 2.05) is 48.5 Å². The molecule has 0 bridgehead atoms. The van der Waals surface area contributed by atoms with Crippen LogP contribution in [0.1, 0.15) is 5.56 Å². The molecule has 0 aliphatic carbocycles. The Balaban J connectivity index is 1.43. The molecule has 5 heteroatoms. The van der Waals surface area contributed by atoms with E-state index in [9.17, 15) is 5.11 Å². The van der Waals surface area contributed by atoms with Crippen molar-refractivity contribution in [3.05, 3.63) is 60.2 Å². The Morgan fingerprint density at radius 2 is 1.86 bits per heavy atom. The van der Waals surface area contributed by atoms with Gasteiger partial charge in [0.05, 0.1) is 29.5 Å². The van der Waals surface area contributed by atoms with Gasteiger partial charge in [0.2, 0.25) is 0 Å². The number of nitrogens with zero attached hydrogens (tertiary/aromatic N) is 1. The Labute approximate surface area is 138 Å². The Morgan fingerprint density at radius 3 is 2.68 bits per heavy atom. The van der Waals surface area contributed by atoms with Crippen LogP contribution in [0.15, 0.2) is 58.9 Å². The van der Waals surface area contributed by atoms with Crippen molar-refractivity contribution in [3.63, 3.8) is 0 Å². The maximum absolute atomic E-state index is 9.99. The van der Waals surface area contributed by atoms with Gasteiger partial charge in [-0.25, -0.2) is 4.98 Å².